The van der Waals surface area contributed by atoms with E-state index in [4.69, 9.17) is 42.1 Å². The first-order chi connectivity index (χ1) is 33.8. The zero-order valence-electron chi connectivity index (χ0n) is 39.1. The van der Waals surface area contributed by atoms with Crippen LogP contribution in [0.5, 0.6) is 0 Å². The average Bonchev–Trinajstić information content (AvgIpc) is 3.35. The summed E-state index contributed by atoms with van der Waals surface area (Å²) in [5.41, 5.74) is 1.90. The number of carbonyl (C=O) groups excluding carboxylic acids is 4. The molecule has 1 aliphatic carbocycles. The van der Waals surface area contributed by atoms with Crippen molar-refractivity contribution in [3.8, 4) is 0 Å². The van der Waals surface area contributed by atoms with Gasteiger partial charge in [-0.15, -0.1) is 0 Å². The number of non-ortho nitro benzene ring substituents is 1. The molecule has 21 nitrogen and oxygen atoms in total. The third-order valence-electron chi connectivity index (χ3n) is 11.5. The number of hydrogen-bond donors (Lipinski definition) is 6. The van der Waals surface area contributed by atoms with Crippen LogP contribution in [0.2, 0.25) is 10.0 Å². The van der Waals surface area contributed by atoms with Crippen molar-refractivity contribution < 1.29 is 48.0 Å². The Morgan fingerprint density at radius 1 is 0.700 bits per heavy atom. The van der Waals surface area contributed by atoms with Gasteiger partial charge in [-0.1, -0.05) is 41.4 Å². The fourth-order valence-electron chi connectivity index (χ4n) is 7.71. The minimum atomic E-state index is -0.684. The zero-order chi connectivity index (χ0) is 50.1. The van der Waals surface area contributed by atoms with E-state index in [1.165, 1.54) is 12.1 Å². The van der Waals surface area contributed by atoms with Gasteiger partial charge in [0.2, 0.25) is 11.8 Å². The summed E-state index contributed by atoms with van der Waals surface area (Å²) in [6.07, 6.45) is 4.01. The number of benzene rings is 3. The number of carbonyl (C=O) groups is 4. The molecule has 0 unspecified atom stereocenters. The van der Waals surface area contributed by atoms with Crippen LogP contribution in [0.25, 0.3) is 0 Å². The Kier molecular flexibility index (Phi) is 23.8. The first-order valence-corrected chi connectivity index (χ1v) is 24.2. The number of anilines is 1. The standard InChI is InChI=1S/C47H63Cl2N9O12/c48-40-13-5-34(27-41(40)49)31-56-19-22-70-39(32-56)30-53-47(62)52-29-33-3-6-35(7-4-33)46(61)55-37-10-8-36(9-11-37)54-45(60)16-15-44(59)51-18-2-21-68-24-26-69-25-23-67-20-1-17-50-42-14-12-38(57(63)64)28-43(42)58(65)66/h3-7,12-14,27-28,36-37,39,50H,1-2,8-11,15-26,29-32H2,(H,51,59)(H,54,60)(H,55,61)(H2,52,53,62)/t36-,37-,39-/m0/s1. The first-order valence-electron chi connectivity index (χ1n) is 23.5. The third kappa shape index (κ3) is 20.3. The van der Waals surface area contributed by atoms with Crippen molar-refractivity contribution >= 4 is 64.0 Å². The Labute approximate surface area is 416 Å². The number of ether oxygens (including phenoxy) is 4. The highest BCUT2D eigenvalue weighted by Gasteiger charge is 2.25. The van der Waals surface area contributed by atoms with E-state index in [0.717, 1.165) is 23.7 Å². The lowest BCUT2D eigenvalue weighted by Crippen LogP contribution is -2.48. The van der Waals surface area contributed by atoms with Gasteiger partial charge in [0, 0.05) is 95.6 Å². The lowest BCUT2D eigenvalue weighted by Gasteiger charge is -2.33. The molecule has 3 aromatic carbocycles. The van der Waals surface area contributed by atoms with Crippen LogP contribution in [0.4, 0.5) is 21.9 Å². The van der Waals surface area contributed by atoms with E-state index in [1.807, 2.05) is 24.3 Å². The molecule has 2 aliphatic rings. The molecular weight excluding hydrogens is 953 g/mol. The fourth-order valence-corrected chi connectivity index (χ4v) is 8.03. The second-order valence-electron chi connectivity index (χ2n) is 16.9. The molecule has 0 radical (unpaired) electrons. The van der Waals surface area contributed by atoms with Gasteiger partial charge in [-0.3, -0.25) is 39.5 Å². The van der Waals surface area contributed by atoms with E-state index >= 15 is 0 Å². The highest BCUT2D eigenvalue weighted by atomic mass is 35.5. The van der Waals surface area contributed by atoms with Gasteiger partial charge in [-0.05, 0) is 80.0 Å². The molecule has 5 amide bonds. The second kappa shape index (κ2) is 30.1. The lowest BCUT2D eigenvalue weighted by molar-refractivity contribution is -0.393. The predicted molar refractivity (Wildman–Crippen MR) is 262 cm³/mol. The number of nitro groups is 2. The summed E-state index contributed by atoms with van der Waals surface area (Å²) in [6.45, 7) is 6.43. The summed E-state index contributed by atoms with van der Waals surface area (Å²) in [5.74, 6) is -0.579. The number of halogens is 2. The lowest BCUT2D eigenvalue weighted by atomic mass is 9.90. The SMILES string of the molecule is O=C(CCC(=O)N[C@H]1CC[C@H](NC(=O)c2ccc(CNC(=O)NC[C@H]3CN(Cc4ccc(Cl)c(Cl)c4)CCO3)cc2)CC1)NCCCOCCOCCOCCCNc1ccc([N+](=O)[O-])cc1[N+](=O)[O-]. The number of nitrogens with zero attached hydrogens (tertiary/aromatic N) is 3. The quantitative estimate of drug-likeness (QED) is 0.0285. The van der Waals surface area contributed by atoms with Gasteiger partial charge in [0.15, 0.2) is 0 Å². The summed E-state index contributed by atoms with van der Waals surface area (Å²) in [4.78, 5) is 73.4. The van der Waals surface area contributed by atoms with Crippen LogP contribution < -0.4 is 31.9 Å². The number of nitro benzene ring substituents is 2. The van der Waals surface area contributed by atoms with E-state index in [0.29, 0.717) is 140 Å². The Morgan fingerprint density at radius 2 is 1.34 bits per heavy atom. The molecule has 5 rings (SSSR count). The topological polar surface area (TPSA) is 267 Å². The smallest absolute Gasteiger partial charge is 0.315 e. The van der Waals surface area contributed by atoms with Crippen LogP contribution >= 0.6 is 23.2 Å². The van der Waals surface area contributed by atoms with Gasteiger partial charge >= 0.3 is 6.03 Å². The molecule has 0 spiro atoms. The van der Waals surface area contributed by atoms with Crippen molar-refractivity contribution in [1.29, 1.82) is 0 Å². The Hall–Kier alpha value is -5.68. The van der Waals surface area contributed by atoms with E-state index in [-0.39, 0.29) is 71.8 Å². The van der Waals surface area contributed by atoms with Crippen LogP contribution in [-0.2, 0) is 41.6 Å². The molecular formula is C47H63Cl2N9O12. The Bertz CT molecular complexity index is 2180. The number of urea groups is 1. The largest absolute Gasteiger partial charge is 0.379 e. The van der Waals surface area contributed by atoms with Crippen LogP contribution in [0.15, 0.2) is 60.7 Å². The normalized spacial score (nSPS) is 17.0. The van der Waals surface area contributed by atoms with Gasteiger partial charge in [-0.25, -0.2) is 4.79 Å². The molecule has 1 atom stereocenters. The summed E-state index contributed by atoms with van der Waals surface area (Å²) in [6, 6.07) is 15.8. The minimum absolute atomic E-state index is 0.0209. The molecule has 3 aromatic rings. The average molecular weight is 1020 g/mol. The number of hydrogen-bond acceptors (Lipinski definition) is 14. The van der Waals surface area contributed by atoms with Crippen molar-refractivity contribution in [2.45, 2.75) is 82.6 Å². The van der Waals surface area contributed by atoms with Crippen molar-refractivity contribution in [1.82, 2.24) is 31.5 Å². The third-order valence-corrected chi connectivity index (χ3v) is 12.2. The molecule has 1 saturated carbocycles. The first kappa shape index (κ1) is 55.2. The van der Waals surface area contributed by atoms with Gasteiger partial charge in [-0.2, -0.15) is 0 Å². The van der Waals surface area contributed by atoms with Crippen LogP contribution in [0.3, 0.4) is 0 Å². The molecule has 23 heteroatoms. The van der Waals surface area contributed by atoms with Gasteiger partial charge in [0.05, 0.1) is 65.1 Å². The highest BCUT2D eigenvalue weighted by molar-refractivity contribution is 6.42. The molecule has 2 fully saturated rings. The summed E-state index contributed by atoms with van der Waals surface area (Å²) < 4.78 is 22.4. The maximum absolute atomic E-state index is 13.0. The van der Waals surface area contributed by atoms with Crippen molar-refractivity contribution in [2.24, 2.45) is 0 Å². The van der Waals surface area contributed by atoms with E-state index in [2.05, 4.69) is 36.8 Å². The van der Waals surface area contributed by atoms with Crippen molar-refractivity contribution in [3.63, 3.8) is 0 Å². The van der Waals surface area contributed by atoms with Crippen LogP contribution in [0.1, 0.15) is 72.9 Å². The molecule has 6 N–H and O–H groups in total. The Balaban J connectivity index is 0.807. The fraction of sp³-hybridized carbons (Fsp3) is 0.532. The Morgan fingerprint density at radius 3 is 2.01 bits per heavy atom. The molecule has 0 bridgehead atoms. The van der Waals surface area contributed by atoms with Gasteiger partial charge in [0.1, 0.15) is 5.69 Å². The molecule has 0 aromatic heterocycles. The summed E-state index contributed by atoms with van der Waals surface area (Å²) in [7, 11) is 0. The van der Waals surface area contributed by atoms with E-state index < -0.39 is 9.85 Å². The molecule has 1 aliphatic heterocycles. The summed E-state index contributed by atoms with van der Waals surface area (Å²) >= 11 is 12.2. The number of nitrogens with one attached hydrogen (secondary N) is 6. The van der Waals surface area contributed by atoms with Gasteiger partial charge < -0.3 is 50.8 Å². The second-order valence-corrected chi connectivity index (χ2v) is 17.7. The minimum Gasteiger partial charge on any atom is -0.379 e. The number of amides is 5. The van der Waals surface area contributed by atoms with Crippen molar-refractivity contribution in [2.75, 3.05) is 84.3 Å². The molecule has 1 heterocycles. The maximum atomic E-state index is 13.0. The van der Waals surface area contributed by atoms with Gasteiger partial charge in [0.25, 0.3) is 17.3 Å². The van der Waals surface area contributed by atoms with Crippen LogP contribution in [0, 0.1) is 20.2 Å². The molecule has 70 heavy (non-hydrogen) atoms. The van der Waals surface area contributed by atoms with Crippen LogP contribution in [-0.4, -0.2) is 136 Å². The zero-order valence-corrected chi connectivity index (χ0v) is 40.6. The van der Waals surface area contributed by atoms with E-state index in [9.17, 15) is 39.4 Å². The van der Waals surface area contributed by atoms with E-state index in [1.54, 1.807) is 18.2 Å². The predicted octanol–water partition coefficient (Wildman–Crippen LogP) is 5.51. The molecule has 382 valence electrons. The van der Waals surface area contributed by atoms with Crippen molar-refractivity contribution in [3.05, 3.63) is 108 Å². The molecule has 1 saturated heterocycles. The summed E-state index contributed by atoms with van der Waals surface area (Å²) in [5, 5.41) is 40.7. The number of rotatable bonds is 29. The highest BCUT2D eigenvalue weighted by Crippen LogP contribution is 2.29. The number of morpholine rings is 1. The monoisotopic (exact) mass is 1020 g/mol. The maximum Gasteiger partial charge on any atom is 0.315 e.